The second kappa shape index (κ2) is 7.43. The summed E-state index contributed by atoms with van der Waals surface area (Å²) in [6, 6.07) is 7.37. The van der Waals surface area contributed by atoms with Gasteiger partial charge >= 0.3 is 5.97 Å². The molecule has 120 valence electrons. The van der Waals surface area contributed by atoms with Gasteiger partial charge in [0.05, 0.1) is 11.4 Å². The normalized spacial score (nSPS) is 10.5. The molecular weight excluding hydrogens is 312 g/mol. The number of nitrogens with two attached hydrogens (primary N) is 2. The zero-order valence-corrected chi connectivity index (χ0v) is 12.5. The summed E-state index contributed by atoms with van der Waals surface area (Å²) >= 11 is 0. The van der Waals surface area contributed by atoms with Crippen LogP contribution in [-0.4, -0.2) is 31.2 Å². The first kappa shape index (κ1) is 17.5. The smallest absolute Gasteiger partial charge is 0.317 e. The highest BCUT2D eigenvalue weighted by Crippen LogP contribution is 2.16. The van der Waals surface area contributed by atoms with Gasteiger partial charge in [-0.1, -0.05) is 5.16 Å². The summed E-state index contributed by atoms with van der Waals surface area (Å²) in [6.45, 7) is 1.40. The minimum Gasteiger partial charge on any atom is -0.480 e. The molecule has 9 nitrogen and oxygen atoms in total. The molecule has 1 heterocycles. The Morgan fingerprint density at radius 2 is 1.91 bits per heavy atom. The number of rotatable bonds is 4. The Morgan fingerprint density at radius 3 is 2.32 bits per heavy atom. The van der Waals surface area contributed by atoms with Crippen molar-refractivity contribution < 1.29 is 22.8 Å². The van der Waals surface area contributed by atoms with Gasteiger partial charge in [-0.3, -0.25) is 9.52 Å². The van der Waals surface area contributed by atoms with E-state index in [2.05, 4.69) is 15.6 Å². The van der Waals surface area contributed by atoms with Gasteiger partial charge in [-0.15, -0.1) is 0 Å². The fourth-order valence-corrected chi connectivity index (χ4v) is 2.24. The van der Waals surface area contributed by atoms with Crippen molar-refractivity contribution in [3.63, 3.8) is 0 Å². The van der Waals surface area contributed by atoms with Crippen LogP contribution in [0, 0.1) is 6.92 Å². The van der Waals surface area contributed by atoms with E-state index in [1.165, 1.54) is 30.3 Å². The number of nitrogens with zero attached hydrogens (tertiary/aromatic N) is 1. The van der Waals surface area contributed by atoms with E-state index in [4.69, 9.17) is 15.4 Å². The number of anilines is 2. The van der Waals surface area contributed by atoms with Gasteiger partial charge in [0.2, 0.25) is 0 Å². The molecule has 2 rings (SSSR count). The standard InChI is InChI=1S/C10H11N3O3S.C2H5NO2/c1-7-6-10(12-16-7)13-17(14,15)9-4-2-8(11)3-5-9;3-1-2(4)5/h2-6H,11H2,1H3,(H,12,13);1,3H2,(H,4,5). The van der Waals surface area contributed by atoms with E-state index >= 15 is 0 Å². The minimum absolute atomic E-state index is 0.118. The Labute approximate surface area is 127 Å². The molecule has 0 bridgehead atoms. The third-order valence-electron chi connectivity index (χ3n) is 2.23. The zero-order valence-electron chi connectivity index (χ0n) is 11.7. The van der Waals surface area contributed by atoms with Crippen LogP contribution in [0.1, 0.15) is 5.76 Å². The van der Waals surface area contributed by atoms with E-state index in [9.17, 15) is 13.2 Å². The molecule has 0 aliphatic rings. The molecule has 0 aliphatic heterocycles. The Kier molecular flexibility index (Phi) is 5.90. The molecule has 0 unspecified atom stereocenters. The highest BCUT2D eigenvalue weighted by Gasteiger charge is 2.15. The molecule has 0 saturated heterocycles. The van der Waals surface area contributed by atoms with Crippen LogP contribution >= 0.6 is 0 Å². The maximum Gasteiger partial charge on any atom is 0.317 e. The van der Waals surface area contributed by atoms with Gasteiger partial charge in [-0.05, 0) is 31.2 Å². The monoisotopic (exact) mass is 328 g/mol. The number of carbonyl (C=O) groups is 1. The van der Waals surface area contributed by atoms with Crippen molar-refractivity contribution >= 4 is 27.5 Å². The van der Waals surface area contributed by atoms with E-state index in [1.807, 2.05) is 0 Å². The van der Waals surface area contributed by atoms with Crippen LogP contribution in [0.15, 0.2) is 39.8 Å². The van der Waals surface area contributed by atoms with Gasteiger partial charge in [0, 0.05) is 11.8 Å². The molecule has 1 aromatic carbocycles. The van der Waals surface area contributed by atoms with Crippen LogP contribution < -0.4 is 16.2 Å². The number of carboxylic acid groups (broad SMARTS) is 1. The summed E-state index contributed by atoms with van der Waals surface area (Å²) < 4.78 is 30.8. The number of hydrogen-bond acceptors (Lipinski definition) is 7. The van der Waals surface area contributed by atoms with E-state index in [0.29, 0.717) is 11.4 Å². The van der Waals surface area contributed by atoms with Crippen LogP contribution in [0.25, 0.3) is 0 Å². The van der Waals surface area contributed by atoms with Crippen LogP contribution in [0.3, 0.4) is 0 Å². The molecule has 0 fully saturated rings. The summed E-state index contributed by atoms with van der Waals surface area (Å²) in [4.78, 5) is 9.36. The maximum absolute atomic E-state index is 11.9. The molecule has 22 heavy (non-hydrogen) atoms. The predicted octanol–water partition coefficient (Wildman–Crippen LogP) is 0.396. The summed E-state index contributed by atoms with van der Waals surface area (Å²) in [5, 5.41) is 11.2. The summed E-state index contributed by atoms with van der Waals surface area (Å²) in [6.07, 6.45) is 0. The number of aliphatic carboxylic acids is 1. The molecule has 6 N–H and O–H groups in total. The molecule has 0 radical (unpaired) electrons. The lowest BCUT2D eigenvalue weighted by molar-refractivity contribution is -0.135. The van der Waals surface area contributed by atoms with Crippen molar-refractivity contribution in [2.75, 3.05) is 17.0 Å². The van der Waals surface area contributed by atoms with Crippen LogP contribution in [0.5, 0.6) is 0 Å². The minimum atomic E-state index is -3.64. The molecular formula is C12H16N4O5S. The number of benzene rings is 1. The first-order chi connectivity index (χ1) is 10.2. The van der Waals surface area contributed by atoms with E-state index < -0.39 is 16.0 Å². The number of sulfonamides is 1. The Bertz CT molecular complexity index is 724. The van der Waals surface area contributed by atoms with E-state index in [1.54, 1.807) is 6.92 Å². The predicted molar refractivity (Wildman–Crippen MR) is 79.6 cm³/mol. The fraction of sp³-hybridized carbons (Fsp3) is 0.167. The average Bonchev–Trinajstić information content (AvgIpc) is 2.84. The van der Waals surface area contributed by atoms with Crippen molar-refractivity contribution in [2.24, 2.45) is 5.73 Å². The summed E-state index contributed by atoms with van der Waals surface area (Å²) in [5.74, 6) is -0.288. The highest BCUT2D eigenvalue weighted by molar-refractivity contribution is 7.92. The SMILES string of the molecule is Cc1cc(NS(=O)(=O)c2ccc(N)cc2)no1.NCC(=O)O. The third kappa shape index (κ3) is 5.42. The third-order valence-corrected chi connectivity index (χ3v) is 3.60. The topological polar surface area (TPSA) is 162 Å². The van der Waals surface area contributed by atoms with Gasteiger partial charge in [0.15, 0.2) is 5.82 Å². The number of aromatic nitrogens is 1. The molecule has 0 aliphatic carbocycles. The molecule has 10 heteroatoms. The van der Waals surface area contributed by atoms with E-state index in [0.717, 1.165) is 0 Å². The number of nitrogens with one attached hydrogen (secondary N) is 1. The lowest BCUT2D eigenvalue weighted by Crippen LogP contribution is -2.13. The van der Waals surface area contributed by atoms with Gasteiger partial charge < -0.3 is 21.1 Å². The largest absolute Gasteiger partial charge is 0.480 e. The summed E-state index contributed by atoms with van der Waals surface area (Å²) in [7, 11) is -3.64. The molecule has 0 atom stereocenters. The van der Waals surface area contributed by atoms with Gasteiger partial charge in [0.1, 0.15) is 5.76 Å². The Balaban J connectivity index is 0.000000422. The Hall–Kier alpha value is -2.59. The van der Waals surface area contributed by atoms with Gasteiger partial charge in [-0.2, -0.15) is 0 Å². The van der Waals surface area contributed by atoms with Crippen LogP contribution in [0.4, 0.5) is 11.5 Å². The summed E-state index contributed by atoms with van der Waals surface area (Å²) in [5.41, 5.74) is 10.6. The quantitative estimate of drug-likeness (QED) is 0.586. The highest BCUT2D eigenvalue weighted by atomic mass is 32.2. The van der Waals surface area contributed by atoms with Crippen LogP contribution in [0.2, 0.25) is 0 Å². The van der Waals surface area contributed by atoms with Crippen molar-refractivity contribution in [3.8, 4) is 0 Å². The van der Waals surface area contributed by atoms with Gasteiger partial charge in [0.25, 0.3) is 10.0 Å². The van der Waals surface area contributed by atoms with Crippen molar-refractivity contribution in [1.82, 2.24) is 5.16 Å². The molecule has 1 aromatic heterocycles. The van der Waals surface area contributed by atoms with Crippen LogP contribution in [-0.2, 0) is 14.8 Å². The number of nitrogen functional groups attached to an aromatic ring is 1. The molecule has 2 aromatic rings. The number of hydrogen-bond donors (Lipinski definition) is 4. The molecule has 0 spiro atoms. The number of carboxylic acids is 1. The Morgan fingerprint density at radius 1 is 1.36 bits per heavy atom. The van der Waals surface area contributed by atoms with Crippen molar-refractivity contribution in [2.45, 2.75) is 11.8 Å². The maximum atomic E-state index is 11.9. The zero-order chi connectivity index (χ0) is 16.8. The lowest BCUT2D eigenvalue weighted by Gasteiger charge is -2.04. The first-order valence-corrected chi connectivity index (χ1v) is 7.46. The van der Waals surface area contributed by atoms with E-state index in [-0.39, 0.29) is 17.3 Å². The lowest BCUT2D eigenvalue weighted by atomic mass is 10.3. The number of aryl methyl sites for hydroxylation is 1. The second-order valence-electron chi connectivity index (χ2n) is 4.10. The molecule has 0 saturated carbocycles. The average molecular weight is 328 g/mol. The fourth-order valence-electron chi connectivity index (χ4n) is 1.26. The first-order valence-electron chi connectivity index (χ1n) is 5.98. The van der Waals surface area contributed by atoms with Crippen molar-refractivity contribution in [1.29, 1.82) is 0 Å². The van der Waals surface area contributed by atoms with Crippen molar-refractivity contribution in [3.05, 3.63) is 36.1 Å². The second-order valence-corrected chi connectivity index (χ2v) is 5.78. The molecule has 0 amide bonds. The van der Waals surface area contributed by atoms with Gasteiger partial charge in [-0.25, -0.2) is 8.42 Å².